The summed E-state index contributed by atoms with van der Waals surface area (Å²) in [6.07, 6.45) is 0. The number of rotatable bonds is 6. The maximum atomic E-state index is 12.7. The number of carbonyl (C=O) groups excluding carboxylic acids is 1. The molecule has 1 aliphatic heterocycles. The Morgan fingerprint density at radius 3 is 2.76 bits per heavy atom. The number of anilines is 1. The Hall–Kier alpha value is -3.23. The molecule has 2 N–H and O–H groups in total. The number of likely N-dealkylation sites (N-methyl/N-ethyl adjacent to an activating group) is 1. The number of nitrogens with one attached hydrogen (secondary N) is 1. The van der Waals surface area contributed by atoms with Crippen molar-refractivity contribution in [3.05, 3.63) is 83.2 Å². The molecule has 2 heterocycles. The molecule has 3 aromatic rings. The Morgan fingerprint density at radius 2 is 1.93 bits per heavy atom. The van der Waals surface area contributed by atoms with Crippen molar-refractivity contribution < 1.29 is 19.2 Å². The number of fused-ring (bicyclic) bond motifs is 1. The van der Waals surface area contributed by atoms with Gasteiger partial charge in [-0.3, -0.25) is 4.79 Å². The van der Waals surface area contributed by atoms with Crippen molar-refractivity contribution in [3.63, 3.8) is 0 Å². The number of hydrogen-bond donors (Lipinski definition) is 2. The quantitative estimate of drug-likeness (QED) is 0.590. The zero-order chi connectivity index (χ0) is 20.2. The predicted molar refractivity (Wildman–Crippen MR) is 110 cm³/mol. The third kappa shape index (κ3) is 4.28. The first-order chi connectivity index (χ1) is 14.1. The third-order valence-electron chi connectivity index (χ3n) is 4.29. The van der Waals surface area contributed by atoms with Gasteiger partial charge >= 0.3 is 0 Å². The van der Waals surface area contributed by atoms with E-state index in [4.69, 9.17) is 9.26 Å². The zero-order valence-electron chi connectivity index (χ0n) is 15.7. The lowest BCUT2D eigenvalue weighted by atomic mass is 10.1. The van der Waals surface area contributed by atoms with Gasteiger partial charge in [-0.1, -0.05) is 47.6 Å². The van der Waals surface area contributed by atoms with Crippen LogP contribution in [0.2, 0.25) is 0 Å². The third-order valence-corrected chi connectivity index (χ3v) is 5.30. The van der Waals surface area contributed by atoms with Gasteiger partial charge in [-0.05, 0) is 29.6 Å². The summed E-state index contributed by atoms with van der Waals surface area (Å²) in [5.74, 6) is 0.198. The minimum Gasteiger partial charge on any atom is -0.505 e. The Bertz CT molecular complexity index is 1050. The molecule has 1 aromatic heterocycles. The van der Waals surface area contributed by atoms with E-state index in [0.717, 1.165) is 10.5 Å². The molecule has 7 nitrogen and oxygen atoms in total. The van der Waals surface area contributed by atoms with Gasteiger partial charge in [-0.15, -0.1) is 0 Å². The molecule has 4 rings (SSSR count). The van der Waals surface area contributed by atoms with E-state index in [1.54, 1.807) is 23.5 Å². The second-order valence-electron chi connectivity index (χ2n) is 6.39. The van der Waals surface area contributed by atoms with Crippen LogP contribution in [0.5, 0.6) is 0 Å². The minimum atomic E-state index is -0.475. The molecule has 0 atom stereocenters. The number of hydrogen-bond acceptors (Lipinski definition) is 7. The van der Waals surface area contributed by atoms with E-state index < -0.39 is 5.91 Å². The molecule has 29 heavy (non-hydrogen) atoms. The topological polar surface area (TPSA) is 87.8 Å². The van der Waals surface area contributed by atoms with Crippen LogP contribution in [0.3, 0.4) is 0 Å². The van der Waals surface area contributed by atoms with E-state index in [2.05, 4.69) is 10.5 Å². The van der Waals surface area contributed by atoms with E-state index in [-0.39, 0.29) is 23.9 Å². The molecular weight excluding hydrogens is 390 g/mol. The second kappa shape index (κ2) is 8.42. The minimum absolute atomic E-state index is 0.0748. The molecule has 0 unspecified atom stereocenters. The summed E-state index contributed by atoms with van der Waals surface area (Å²) in [4.78, 5) is 13.6. The van der Waals surface area contributed by atoms with Crippen LogP contribution < -0.4 is 5.32 Å². The Balaban J connectivity index is 1.40. The first-order valence-corrected chi connectivity index (χ1v) is 9.72. The number of carbonyl (C=O) groups is 1. The summed E-state index contributed by atoms with van der Waals surface area (Å²) >= 11 is 1.37. The molecule has 0 fully saturated rings. The van der Waals surface area contributed by atoms with Crippen molar-refractivity contribution in [1.29, 1.82) is 0 Å². The molecule has 0 spiro atoms. The number of amides is 1. The van der Waals surface area contributed by atoms with Crippen LogP contribution in [-0.4, -0.2) is 27.5 Å². The average Bonchev–Trinajstić information content (AvgIpc) is 3.16. The lowest BCUT2D eigenvalue weighted by Crippen LogP contribution is -2.27. The fourth-order valence-electron chi connectivity index (χ4n) is 2.92. The fourth-order valence-corrected chi connectivity index (χ4v) is 3.88. The number of aliphatic hydroxyl groups excluding tert-OH is 1. The summed E-state index contributed by atoms with van der Waals surface area (Å²) in [7, 11) is 1.72. The number of benzene rings is 2. The van der Waals surface area contributed by atoms with Gasteiger partial charge in [-0.2, -0.15) is 0 Å². The van der Waals surface area contributed by atoms with Crippen LogP contribution in [0.4, 0.5) is 5.82 Å². The number of aromatic nitrogens is 1. The summed E-state index contributed by atoms with van der Waals surface area (Å²) in [6.45, 7) is 0.681. The van der Waals surface area contributed by atoms with E-state index in [1.165, 1.54) is 11.9 Å². The van der Waals surface area contributed by atoms with Crippen LogP contribution in [-0.2, 0) is 22.7 Å². The number of nitrogens with zero attached hydrogens (tertiary/aromatic N) is 2. The van der Waals surface area contributed by atoms with Crippen LogP contribution in [0, 0.1) is 0 Å². The van der Waals surface area contributed by atoms with Gasteiger partial charge < -0.3 is 24.0 Å². The highest BCUT2D eigenvalue weighted by molar-refractivity contribution is 7.97. The highest BCUT2D eigenvalue weighted by Crippen LogP contribution is 2.38. The molecule has 2 aromatic carbocycles. The summed E-state index contributed by atoms with van der Waals surface area (Å²) in [5, 5.41) is 17.1. The molecule has 0 saturated heterocycles. The molecular formula is C21H19N3O4S. The smallest absolute Gasteiger partial charge is 0.277 e. The van der Waals surface area contributed by atoms with Crippen molar-refractivity contribution in [2.75, 3.05) is 12.4 Å². The lowest BCUT2D eigenvalue weighted by molar-refractivity contribution is -0.113. The Kier molecular flexibility index (Phi) is 5.55. The molecule has 148 valence electrons. The first-order valence-electron chi connectivity index (χ1n) is 8.95. The van der Waals surface area contributed by atoms with Crippen molar-refractivity contribution in [1.82, 2.24) is 9.46 Å². The van der Waals surface area contributed by atoms with E-state index in [0.29, 0.717) is 17.9 Å². The van der Waals surface area contributed by atoms with Crippen LogP contribution in [0.1, 0.15) is 16.9 Å². The molecule has 0 saturated carbocycles. The van der Waals surface area contributed by atoms with Crippen molar-refractivity contribution in [2.24, 2.45) is 0 Å². The van der Waals surface area contributed by atoms with Gasteiger partial charge in [-0.25, -0.2) is 0 Å². The normalized spacial score (nSPS) is 13.3. The highest BCUT2D eigenvalue weighted by Gasteiger charge is 2.28. The van der Waals surface area contributed by atoms with Gasteiger partial charge in [0.15, 0.2) is 23.0 Å². The monoisotopic (exact) mass is 409 g/mol. The predicted octanol–water partition coefficient (Wildman–Crippen LogP) is 4.21. The SMILES string of the molecule is CN1Sc2ccccc2C(O)=C1C(=O)Nc1cc(COCc2ccccc2)on1. The van der Waals surface area contributed by atoms with E-state index in [1.807, 2.05) is 48.5 Å². The van der Waals surface area contributed by atoms with Crippen molar-refractivity contribution >= 4 is 29.4 Å². The Morgan fingerprint density at radius 1 is 1.17 bits per heavy atom. The van der Waals surface area contributed by atoms with Crippen LogP contribution in [0.15, 0.2) is 75.8 Å². The maximum Gasteiger partial charge on any atom is 0.277 e. The van der Waals surface area contributed by atoms with Gasteiger partial charge in [0.25, 0.3) is 5.91 Å². The fraction of sp³-hybridized carbons (Fsp3) is 0.143. The van der Waals surface area contributed by atoms with Crippen molar-refractivity contribution in [3.8, 4) is 0 Å². The average molecular weight is 409 g/mol. The second-order valence-corrected chi connectivity index (χ2v) is 7.56. The molecule has 0 bridgehead atoms. The maximum absolute atomic E-state index is 12.7. The van der Waals surface area contributed by atoms with Gasteiger partial charge in [0.1, 0.15) is 6.61 Å². The zero-order valence-corrected chi connectivity index (χ0v) is 16.5. The molecule has 8 heteroatoms. The standard InChI is InChI=1S/C21H19N3O4S/c1-24-19(20(25)16-9-5-6-10-17(16)29-24)21(26)22-18-11-15(28-23-18)13-27-12-14-7-3-2-4-8-14/h2-11,25H,12-13H2,1H3,(H,22,23,26). The largest absolute Gasteiger partial charge is 0.505 e. The highest BCUT2D eigenvalue weighted by atomic mass is 32.2. The summed E-state index contributed by atoms with van der Waals surface area (Å²) in [5.41, 5.74) is 1.83. The lowest BCUT2D eigenvalue weighted by Gasteiger charge is -2.27. The van der Waals surface area contributed by atoms with Gasteiger partial charge in [0.05, 0.1) is 6.61 Å². The summed E-state index contributed by atoms with van der Waals surface area (Å²) < 4.78 is 12.4. The number of aliphatic hydroxyl groups is 1. The molecule has 1 amide bonds. The number of ether oxygens (including phenoxy) is 1. The Labute approximate surface area is 172 Å². The summed E-state index contributed by atoms with van der Waals surface area (Å²) in [6, 6.07) is 18.8. The molecule has 0 radical (unpaired) electrons. The van der Waals surface area contributed by atoms with Gasteiger partial charge in [0, 0.05) is 23.6 Å². The van der Waals surface area contributed by atoms with Crippen LogP contribution >= 0.6 is 11.9 Å². The molecule has 0 aliphatic carbocycles. The van der Waals surface area contributed by atoms with E-state index >= 15 is 0 Å². The first kappa shape index (κ1) is 19.1. The molecule has 1 aliphatic rings. The van der Waals surface area contributed by atoms with Gasteiger partial charge in [0.2, 0.25) is 0 Å². The van der Waals surface area contributed by atoms with Crippen molar-refractivity contribution in [2.45, 2.75) is 18.1 Å². The van der Waals surface area contributed by atoms with Crippen LogP contribution in [0.25, 0.3) is 5.76 Å². The van der Waals surface area contributed by atoms with E-state index in [9.17, 15) is 9.90 Å².